The smallest absolute Gasteiger partial charge is 0.365 e. The van der Waals surface area contributed by atoms with E-state index in [2.05, 4.69) is 9.97 Å². The molecule has 1 N–H and O–H groups in total. The molecule has 0 aliphatic carbocycles. The fourth-order valence-corrected chi connectivity index (χ4v) is 4.55. The zero-order valence-electron chi connectivity index (χ0n) is 19.6. The molecular formula is C22H24ClN3O7S2. The Morgan fingerprint density at radius 2 is 1.51 bits per heavy atom. The minimum Gasteiger partial charge on any atom is -0.493 e. The van der Waals surface area contributed by atoms with Gasteiger partial charge in [-0.15, -0.1) is 0 Å². The number of hydrogen-bond donors (Lipinski definition) is 1. The Labute approximate surface area is 209 Å². The van der Waals surface area contributed by atoms with Crippen LogP contribution in [-0.2, 0) is 25.6 Å². The van der Waals surface area contributed by atoms with Gasteiger partial charge >= 0.3 is 10.3 Å². The third-order valence-electron chi connectivity index (χ3n) is 4.79. The van der Waals surface area contributed by atoms with Crippen LogP contribution in [0.5, 0.6) is 17.2 Å². The Hall–Kier alpha value is -2.93. The summed E-state index contributed by atoms with van der Waals surface area (Å²) in [6.45, 7) is 5.93. The Balaban J connectivity index is 2.31. The summed E-state index contributed by atoms with van der Waals surface area (Å²) < 4.78 is 71.2. The Morgan fingerprint density at radius 1 is 0.943 bits per heavy atom. The van der Waals surface area contributed by atoms with Crippen LogP contribution < -0.4 is 13.8 Å². The molecule has 0 saturated heterocycles. The molecule has 3 aromatic rings. The second-order valence-corrected chi connectivity index (χ2v) is 12.0. The average Bonchev–Trinajstić information content (AvgIpc) is 2.74. The largest absolute Gasteiger partial charge is 0.493 e. The van der Waals surface area contributed by atoms with E-state index in [4.69, 9.17) is 21.1 Å². The van der Waals surface area contributed by atoms with Gasteiger partial charge in [-0.2, -0.15) is 17.7 Å². The lowest BCUT2D eigenvalue weighted by Crippen LogP contribution is -2.27. The first-order chi connectivity index (χ1) is 16.1. The first kappa shape index (κ1) is 26.7. The predicted octanol–water partition coefficient (Wildman–Crippen LogP) is 4.57. The van der Waals surface area contributed by atoms with Gasteiger partial charge in [-0.25, -0.2) is 13.4 Å². The van der Waals surface area contributed by atoms with Crippen LogP contribution in [0.15, 0.2) is 53.7 Å². The third-order valence-corrected chi connectivity index (χ3v) is 6.74. The van der Waals surface area contributed by atoms with E-state index in [1.54, 1.807) is 30.3 Å². The van der Waals surface area contributed by atoms with Gasteiger partial charge in [0.1, 0.15) is 0 Å². The van der Waals surface area contributed by atoms with Gasteiger partial charge in [-0.1, -0.05) is 56.6 Å². The van der Waals surface area contributed by atoms with E-state index in [9.17, 15) is 21.4 Å². The van der Waals surface area contributed by atoms with Crippen LogP contribution in [0.1, 0.15) is 26.3 Å². The monoisotopic (exact) mass is 541 g/mol. The van der Waals surface area contributed by atoms with Crippen LogP contribution in [0.4, 0.5) is 11.5 Å². The molecule has 0 atom stereocenters. The number of benzene rings is 2. The molecule has 0 fully saturated rings. The Morgan fingerprint density at radius 3 is 2.00 bits per heavy atom. The maximum atomic E-state index is 12.6. The maximum Gasteiger partial charge on any atom is 0.365 e. The average molecular weight is 542 g/mol. The van der Waals surface area contributed by atoms with Crippen molar-refractivity contribution >= 4 is 43.2 Å². The van der Waals surface area contributed by atoms with Crippen molar-refractivity contribution < 1.29 is 30.9 Å². The summed E-state index contributed by atoms with van der Waals surface area (Å²) in [6.07, 6.45) is 0.832. The molecule has 35 heavy (non-hydrogen) atoms. The molecule has 0 amide bonds. The first-order valence-electron chi connectivity index (χ1n) is 10.1. The van der Waals surface area contributed by atoms with Crippen molar-refractivity contribution in [2.24, 2.45) is 0 Å². The second-order valence-electron chi connectivity index (χ2n) is 8.51. The van der Waals surface area contributed by atoms with Crippen molar-refractivity contribution in [3.05, 3.63) is 59.2 Å². The fourth-order valence-electron chi connectivity index (χ4n) is 3.06. The number of methoxy groups -OCH3 is 1. The minimum absolute atomic E-state index is 0.0420. The highest BCUT2D eigenvalue weighted by atomic mass is 35.5. The second kappa shape index (κ2) is 9.61. The van der Waals surface area contributed by atoms with Gasteiger partial charge in [-0.05, 0) is 35.2 Å². The van der Waals surface area contributed by atoms with Gasteiger partial charge in [0.05, 0.1) is 12.8 Å². The molecule has 188 valence electrons. The number of anilines is 2. The van der Waals surface area contributed by atoms with E-state index in [1.807, 2.05) is 20.8 Å². The Kier molecular flexibility index (Phi) is 7.32. The minimum atomic E-state index is -5.05. The van der Waals surface area contributed by atoms with Crippen LogP contribution in [0.2, 0.25) is 5.15 Å². The van der Waals surface area contributed by atoms with Crippen LogP contribution in [-0.4, -0.2) is 44.7 Å². The molecule has 2 aromatic carbocycles. The van der Waals surface area contributed by atoms with Gasteiger partial charge in [0, 0.05) is 6.26 Å². The molecule has 1 heterocycles. The van der Waals surface area contributed by atoms with Gasteiger partial charge in [0.2, 0.25) is 20.7 Å². The number of ether oxygens (including phenoxy) is 2. The van der Waals surface area contributed by atoms with Gasteiger partial charge in [-0.3, -0.25) is 4.55 Å². The summed E-state index contributed by atoms with van der Waals surface area (Å²) in [6, 6.07) is 12.6. The summed E-state index contributed by atoms with van der Waals surface area (Å²) in [5.74, 6) is -0.634. The van der Waals surface area contributed by atoms with E-state index in [0.717, 1.165) is 11.8 Å². The van der Waals surface area contributed by atoms with E-state index in [-0.39, 0.29) is 22.6 Å². The summed E-state index contributed by atoms with van der Waals surface area (Å²) in [5, 5.41) is -1.26. The maximum absolute atomic E-state index is 12.6. The molecule has 0 radical (unpaired) electrons. The molecule has 0 spiro atoms. The third kappa shape index (κ3) is 6.01. The molecule has 0 aliphatic rings. The quantitative estimate of drug-likeness (QED) is 0.259. The zero-order valence-corrected chi connectivity index (χ0v) is 21.9. The van der Waals surface area contributed by atoms with E-state index >= 15 is 0 Å². The molecule has 13 heteroatoms. The number of para-hydroxylation sites is 2. The van der Waals surface area contributed by atoms with Crippen LogP contribution >= 0.6 is 11.6 Å². The van der Waals surface area contributed by atoms with Crippen LogP contribution in [0.25, 0.3) is 0 Å². The lowest BCUT2D eigenvalue weighted by atomic mass is 9.87. The molecule has 0 aliphatic heterocycles. The number of hydrogen-bond acceptors (Lipinski definition) is 8. The molecular weight excluding hydrogens is 518 g/mol. The summed E-state index contributed by atoms with van der Waals surface area (Å²) in [7, 11) is -7.68. The van der Waals surface area contributed by atoms with E-state index in [0.29, 0.717) is 4.31 Å². The summed E-state index contributed by atoms with van der Waals surface area (Å²) >= 11 is 6.27. The molecule has 0 unspecified atom stereocenters. The SMILES string of the molecule is COc1ccccc1Oc1c(Cl)nc(S(C)(=O)=O)nc1N(c1ccc(C(C)(C)C)cc1)S(=O)(=O)O. The van der Waals surface area contributed by atoms with Gasteiger partial charge in [0.25, 0.3) is 0 Å². The number of rotatable bonds is 7. The van der Waals surface area contributed by atoms with Crippen LogP contribution in [0, 0.1) is 0 Å². The van der Waals surface area contributed by atoms with E-state index in [1.165, 1.54) is 25.3 Å². The molecule has 0 bridgehead atoms. The number of nitrogens with zero attached hydrogens (tertiary/aromatic N) is 3. The lowest BCUT2D eigenvalue weighted by molar-refractivity contribution is 0.378. The molecule has 10 nitrogen and oxygen atoms in total. The summed E-state index contributed by atoms with van der Waals surface area (Å²) in [4.78, 5) is 7.67. The topological polar surface area (TPSA) is 136 Å². The highest BCUT2D eigenvalue weighted by Gasteiger charge is 2.32. The standard InChI is InChI=1S/C22H24ClN3O7S2/c1-22(2,3)14-10-12-15(13-11-14)26(35(29,30)31)20-18(19(23)24-21(25-20)34(5,27)28)33-17-9-7-6-8-16(17)32-4/h6-13H,1-5H3,(H,29,30,31). The van der Waals surface area contributed by atoms with Gasteiger partial charge < -0.3 is 9.47 Å². The van der Waals surface area contributed by atoms with Crippen molar-refractivity contribution in [3.63, 3.8) is 0 Å². The van der Waals surface area contributed by atoms with Crippen molar-refractivity contribution in [1.29, 1.82) is 0 Å². The highest BCUT2D eigenvalue weighted by molar-refractivity contribution is 7.90. The van der Waals surface area contributed by atoms with Crippen molar-refractivity contribution in [2.75, 3.05) is 17.7 Å². The number of sulfone groups is 1. The predicted molar refractivity (Wildman–Crippen MR) is 132 cm³/mol. The van der Waals surface area contributed by atoms with Gasteiger partial charge in [0.15, 0.2) is 22.5 Å². The van der Waals surface area contributed by atoms with Crippen molar-refractivity contribution in [2.45, 2.75) is 31.3 Å². The highest BCUT2D eigenvalue weighted by Crippen LogP contribution is 2.43. The molecule has 3 rings (SSSR count). The van der Waals surface area contributed by atoms with E-state index < -0.39 is 42.0 Å². The number of halogens is 1. The van der Waals surface area contributed by atoms with Crippen LogP contribution in [0.3, 0.4) is 0 Å². The molecule has 1 aromatic heterocycles. The Bertz CT molecular complexity index is 1450. The zero-order chi connectivity index (χ0) is 26.2. The summed E-state index contributed by atoms with van der Waals surface area (Å²) in [5.41, 5.74) is 0.612. The van der Waals surface area contributed by atoms with Crippen molar-refractivity contribution in [1.82, 2.24) is 9.97 Å². The normalized spacial score (nSPS) is 12.3. The fraction of sp³-hybridized carbons (Fsp3) is 0.273. The van der Waals surface area contributed by atoms with Crippen molar-refractivity contribution in [3.8, 4) is 17.2 Å². The first-order valence-corrected chi connectivity index (χ1v) is 13.8. The lowest BCUT2D eigenvalue weighted by Gasteiger charge is -2.25. The molecule has 0 saturated carbocycles. The number of aromatic nitrogens is 2.